The number of carbonyl (C=O) groups excluding carboxylic acids is 1. The molecule has 6 N–H and O–H groups in total. The molecule has 4 aromatic rings. The molecule has 0 unspecified atom stereocenters. The molecule has 0 aliphatic rings. The van der Waals surface area contributed by atoms with Crippen LogP contribution in [0.3, 0.4) is 0 Å². The lowest BCUT2D eigenvalue weighted by Gasteiger charge is -2.07. The molecule has 0 spiro atoms. The molecule has 0 fully saturated rings. The van der Waals surface area contributed by atoms with Gasteiger partial charge in [0.05, 0.1) is 23.8 Å². The molecule has 0 saturated carbocycles. The Morgan fingerprint density at radius 2 is 1.17 bits per heavy atom. The van der Waals surface area contributed by atoms with Crippen LogP contribution >= 0.6 is 0 Å². The first-order valence-corrected chi connectivity index (χ1v) is 10.1. The maximum absolute atomic E-state index is 11.1. The molecule has 194 valence electrons. The van der Waals surface area contributed by atoms with E-state index in [1.165, 1.54) is 17.1 Å². The highest BCUT2D eigenvalue weighted by atomic mass is 16.1. The van der Waals surface area contributed by atoms with Crippen molar-refractivity contribution < 1.29 is 6.22 Å². The van der Waals surface area contributed by atoms with Gasteiger partial charge in [-0.3, -0.25) is 4.79 Å². The van der Waals surface area contributed by atoms with Crippen molar-refractivity contribution in [3.63, 3.8) is 0 Å². The van der Waals surface area contributed by atoms with E-state index in [1.807, 2.05) is 58.0 Å². The van der Waals surface area contributed by atoms with Crippen molar-refractivity contribution >= 4 is 17.5 Å². The van der Waals surface area contributed by atoms with Crippen LogP contribution < -0.4 is 17.2 Å². The summed E-state index contributed by atoms with van der Waals surface area (Å²) < 4.78 is 3.10. The molecule has 0 aliphatic carbocycles. The molecule has 0 atom stereocenters. The first-order chi connectivity index (χ1) is 15.6. The molecule has 9 heteroatoms. The van der Waals surface area contributed by atoms with Gasteiger partial charge in [0.15, 0.2) is 0 Å². The van der Waals surface area contributed by atoms with Crippen LogP contribution in [0.1, 0.15) is 61.9 Å². The molecule has 2 heterocycles. The van der Waals surface area contributed by atoms with Crippen LogP contribution in [0.15, 0.2) is 48.8 Å². The fourth-order valence-electron chi connectivity index (χ4n) is 3.55. The van der Waals surface area contributed by atoms with E-state index < -0.39 is 5.91 Å². The number of hydrogen-bond acceptors (Lipinski definition) is 6. The predicted octanol–water partition coefficient (Wildman–Crippen LogP) is 5.27. The summed E-state index contributed by atoms with van der Waals surface area (Å²) in [4.78, 5) is 11.1. The van der Waals surface area contributed by atoms with E-state index in [0.29, 0.717) is 11.4 Å². The van der Waals surface area contributed by atoms with E-state index in [2.05, 4.69) is 22.3 Å². The minimum absolute atomic E-state index is 0. The van der Waals surface area contributed by atoms with E-state index in [4.69, 9.17) is 22.5 Å². The van der Waals surface area contributed by atoms with Gasteiger partial charge in [-0.15, -0.1) is 0 Å². The van der Waals surface area contributed by atoms with Gasteiger partial charge in [-0.2, -0.15) is 15.5 Å². The van der Waals surface area contributed by atoms with Crippen molar-refractivity contribution in [2.45, 2.75) is 50.0 Å². The number of aryl methyl sites for hydroxylation is 4. The smallest absolute Gasteiger partial charge is 0.254 e. The summed E-state index contributed by atoms with van der Waals surface area (Å²) >= 11 is 0. The monoisotopic (exact) mass is 493 g/mol. The largest absolute Gasteiger partial charge is 0.383 e. The molecular weight excluding hydrogens is 452 g/mol. The Morgan fingerprint density at radius 3 is 1.50 bits per heavy atom. The van der Waals surface area contributed by atoms with Crippen molar-refractivity contribution in [3.8, 4) is 17.4 Å². The predicted molar refractivity (Wildman–Crippen MR) is 150 cm³/mol. The van der Waals surface area contributed by atoms with Gasteiger partial charge in [0.1, 0.15) is 28.8 Å². The zero-order valence-electron chi connectivity index (χ0n) is 19.0. The summed E-state index contributed by atoms with van der Waals surface area (Å²) in [6.45, 7) is 8.01. The number of nitriles is 1. The van der Waals surface area contributed by atoms with Crippen LogP contribution in [0.4, 0.5) is 11.6 Å². The van der Waals surface area contributed by atoms with Crippen LogP contribution in [-0.4, -0.2) is 25.5 Å². The topological polar surface area (TPSA) is 155 Å². The lowest BCUT2D eigenvalue weighted by atomic mass is 10.1. The standard InChI is InChI=1S/C12H14N4O.C12H12N4.3CH4.H2/c1-7-3-8(2)5-9(4-7)16-11(13)10(6-15-16)12(14)17;1-8-3-9(2)5-11(4-8)16-12(14)10(6-13)7-15-16;;;;/h3-6H,13H2,1-2H3,(H2,14,17);3-5,7H,14H2,1-2H3;3*1H4;1H/i;;;;;1+1. The lowest BCUT2D eigenvalue weighted by Crippen LogP contribution is -2.13. The van der Waals surface area contributed by atoms with E-state index in [-0.39, 0.29) is 35.1 Å². The zero-order chi connectivity index (χ0) is 24.3. The normalized spacial score (nSPS) is 9.42. The van der Waals surface area contributed by atoms with Crippen molar-refractivity contribution in [2.75, 3.05) is 11.5 Å². The van der Waals surface area contributed by atoms with Crippen LogP contribution in [0.2, 0.25) is 0 Å². The molecule has 4 rings (SSSR count). The molecule has 2 aromatic heterocycles. The van der Waals surface area contributed by atoms with Crippen LogP contribution in [0.25, 0.3) is 11.4 Å². The van der Waals surface area contributed by atoms with Gasteiger partial charge in [0, 0.05) is 1.43 Å². The van der Waals surface area contributed by atoms with Gasteiger partial charge >= 0.3 is 0 Å². The fraction of sp³-hybridized carbons (Fsp3) is 0.259. The molecule has 0 radical (unpaired) electrons. The maximum Gasteiger partial charge on any atom is 0.254 e. The van der Waals surface area contributed by atoms with Gasteiger partial charge in [-0.05, 0) is 74.2 Å². The molecule has 1 amide bonds. The molecule has 0 aliphatic heterocycles. The van der Waals surface area contributed by atoms with Gasteiger partial charge in [-0.1, -0.05) is 34.4 Å². The number of hydrogen-bond donors (Lipinski definition) is 3. The summed E-state index contributed by atoms with van der Waals surface area (Å²) in [6, 6.07) is 14.0. The second-order valence-corrected chi connectivity index (χ2v) is 7.88. The molecule has 9 nitrogen and oxygen atoms in total. The third-order valence-electron chi connectivity index (χ3n) is 4.90. The van der Waals surface area contributed by atoms with Gasteiger partial charge in [0.25, 0.3) is 5.91 Å². The maximum atomic E-state index is 11.1. The summed E-state index contributed by atoms with van der Waals surface area (Å²) in [5.41, 5.74) is 23.7. The number of primary amides is 1. The van der Waals surface area contributed by atoms with Gasteiger partial charge in [-0.25, -0.2) is 9.36 Å². The van der Waals surface area contributed by atoms with Crippen molar-refractivity contribution in [2.24, 2.45) is 5.73 Å². The van der Waals surface area contributed by atoms with E-state index in [9.17, 15) is 4.79 Å². The number of anilines is 2. The molecular formula is C27H40N8O. The van der Waals surface area contributed by atoms with Crippen LogP contribution in [0.5, 0.6) is 0 Å². The second kappa shape index (κ2) is 12.8. The van der Waals surface area contributed by atoms with Gasteiger partial charge < -0.3 is 17.2 Å². The van der Waals surface area contributed by atoms with Crippen LogP contribution in [-0.2, 0) is 0 Å². The number of nitrogens with two attached hydrogens (primary N) is 3. The number of amides is 1. The van der Waals surface area contributed by atoms with Crippen molar-refractivity contribution in [3.05, 3.63) is 82.2 Å². The second-order valence-electron chi connectivity index (χ2n) is 7.88. The van der Waals surface area contributed by atoms with Crippen molar-refractivity contribution in [1.82, 2.24) is 19.6 Å². The first-order valence-electron chi connectivity index (χ1n) is 10.1. The Bertz CT molecular complexity index is 1340. The van der Waals surface area contributed by atoms with E-state index >= 15 is 0 Å². The first kappa shape index (κ1) is 31.4. The Labute approximate surface area is 215 Å². The highest BCUT2D eigenvalue weighted by molar-refractivity contribution is 5.97. The Kier molecular flexibility index (Phi) is 11.1. The lowest BCUT2D eigenvalue weighted by molar-refractivity contribution is 0.100. The third kappa shape index (κ3) is 6.73. The summed E-state index contributed by atoms with van der Waals surface area (Å²) in [7, 11) is 0. The Morgan fingerprint density at radius 1 is 0.778 bits per heavy atom. The molecule has 0 saturated heterocycles. The number of benzene rings is 2. The molecule has 2 aromatic carbocycles. The molecule has 36 heavy (non-hydrogen) atoms. The minimum atomic E-state index is -0.571. The van der Waals surface area contributed by atoms with Crippen molar-refractivity contribution in [1.29, 1.82) is 5.26 Å². The summed E-state index contributed by atoms with van der Waals surface area (Å²) in [6.07, 6.45) is 2.86. The fourth-order valence-corrected chi connectivity index (χ4v) is 3.55. The number of carbonyl (C=O) groups is 1. The highest BCUT2D eigenvalue weighted by Crippen LogP contribution is 2.20. The highest BCUT2D eigenvalue weighted by Gasteiger charge is 2.13. The van der Waals surface area contributed by atoms with E-state index in [0.717, 1.165) is 33.6 Å². The van der Waals surface area contributed by atoms with Gasteiger partial charge in [0.2, 0.25) is 0 Å². The quantitative estimate of drug-likeness (QED) is 0.353. The number of nitrogens with zero attached hydrogens (tertiary/aromatic N) is 5. The number of aromatic nitrogens is 4. The minimum Gasteiger partial charge on any atom is -0.383 e. The summed E-state index contributed by atoms with van der Waals surface area (Å²) in [5, 5.41) is 17.0. The van der Waals surface area contributed by atoms with Crippen LogP contribution in [0, 0.1) is 39.0 Å². The van der Waals surface area contributed by atoms with E-state index in [1.54, 1.807) is 4.68 Å². The Hall–Kier alpha value is -4.58. The number of rotatable bonds is 3. The zero-order valence-corrected chi connectivity index (χ0v) is 19.0. The Balaban J connectivity index is 0. The molecule has 0 bridgehead atoms. The summed E-state index contributed by atoms with van der Waals surface area (Å²) in [5.74, 6) is 0.0770. The number of nitrogen functional groups attached to an aromatic ring is 2. The third-order valence-corrected chi connectivity index (χ3v) is 4.90. The average Bonchev–Trinajstić information content (AvgIpc) is 3.29. The average molecular weight is 494 g/mol. The SMILES string of the molecule is C.C.C.Cc1cc(C)cc(-n2ncc(C#N)c2N)c1.Cc1cc(C)cc(-n2ncc(C(N)=O)c2N)c1.[2HH].